The van der Waals surface area contributed by atoms with Crippen LogP contribution in [0.5, 0.6) is 5.75 Å². The molecule has 1 aliphatic rings. The van der Waals surface area contributed by atoms with Crippen molar-refractivity contribution in [1.29, 1.82) is 0 Å². The van der Waals surface area contributed by atoms with Crippen LogP contribution in [0.15, 0.2) is 18.2 Å². The quantitative estimate of drug-likeness (QED) is 0.697. The lowest BCUT2D eigenvalue weighted by molar-refractivity contribution is -0.118. The van der Waals surface area contributed by atoms with Gasteiger partial charge in [-0.1, -0.05) is 6.07 Å². The third-order valence-electron chi connectivity index (χ3n) is 2.99. The van der Waals surface area contributed by atoms with Crippen molar-refractivity contribution in [3.8, 4) is 5.75 Å². The number of rotatable bonds is 5. The number of aliphatic hydroxyl groups excluding tert-OH is 2. The Bertz CT molecular complexity index is 464. The van der Waals surface area contributed by atoms with Gasteiger partial charge < -0.3 is 25.2 Å². The van der Waals surface area contributed by atoms with Crippen LogP contribution in [0.25, 0.3) is 0 Å². The van der Waals surface area contributed by atoms with Crippen molar-refractivity contribution >= 4 is 11.6 Å². The van der Waals surface area contributed by atoms with Gasteiger partial charge in [-0.2, -0.15) is 0 Å². The third kappa shape index (κ3) is 3.44. The van der Waals surface area contributed by atoms with Gasteiger partial charge in [0.15, 0.2) is 6.61 Å². The van der Waals surface area contributed by atoms with E-state index in [4.69, 9.17) is 9.84 Å². The summed E-state index contributed by atoms with van der Waals surface area (Å²) in [5, 5.41) is 21.6. The third-order valence-corrected chi connectivity index (χ3v) is 2.99. The van der Waals surface area contributed by atoms with E-state index >= 15 is 0 Å². The molecular weight excluding hydrogens is 248 g/mol. The number of likely N-dealkylation sites (N-methyl/N-ethyl adjacent to an activating group) is 1. The lowest BCUT2D eigenvalue weighted by Gasteiger charge is -2.22. The van der Waals surface area contributed by atoms with Crippen LogP contribution in [0, 0.1) is 0 Å². The number of benzene rings is 1. The van der Waals surface area contributed by atoms with Crippen LogP contribution in [0.2, 0.25) is 0 Å². The first-order chi connectivity index (χ1) is 9.10. The van der Waals surface area contributed by atoms with Crippen LogP contribution in [0.1, 0.15) is 11.7 Å². The second-order valence-corrected chi connectivity index (χ2v) is 4.59. The molecule has 1 aliphatic heterocycles. The SMILES string of the molecule is CN(CCO)CC(O)c1ccc2c(c1)NC(=O)CO2. The largest absolute Gasteiger partial charge is 0.482 e. The van der Waals surface area contributed by atoms with Gasteiger partial charge in [-0.3, -0.25) is 4.79 Å². The molecule has 0 radical (unpaired) electrons. The summed E-state index contributed by atoms with van der Waals surface area (Å²) < 4.78 is 5.25. The van der Waals surface area contributed by atoms with Crippen LogP contribution >= 0.6 is 0 Å². The highest BCUT2D eigenvalue weighted by Gasteiger charge is 2.18. The lowest BCUT2D eigenvalue weighted by Crippen LogP contribution is -2.28. The van der Waals surface area contributed by atoms with Crippen molar-refractivity contribution < 1.29 is 19.7 Å². The number of nitrogens with one attached hydrogen (secondary N) is 1. The first kappa shape index (κ1) is 13.8. The molecule has 2 rings (SSSR count). The molecule has 0 spiro atoms. The van der Waals surface area contributed by atoms with Gasteiger partial charge in [0.25, 0.3) is 5.91 Å². The average molecular weight is 266 g/mol. The summed E-state index contributed by atoms with van der Waals surface area (Å²) in [5.74, 6) is 0.413. The number of nitrogens with zero attached hydrogens (tertiary/aromatic N) is 1. The fraction of sp³-hybridized carbons (Fsp3) is 0.462. The number of ether oxygens (including phenoxy) is 1. The van der Waals surface area contributed by atoms with Gasteiger partial charge >= 0.3 is 0 Å². The second kappa shape index (κ2) is 6.01. The summed E-state index contributed by atoms with van der Waals surface area (Å²) in [6.07, 6.45) is -0.680. The van der Waals surface area contributed by atoms with Gasteiger partial charge in [0.05, 0.1) is 18.4 Å². The highest BCUT2D eigenvalue weighted by atomic mass is 16.5. The maximum Gasteiger partial charge on any atom is 0.262 e. The molecule has 0 fully saturated rings. The number of hydrogen-bond donors (Lipinski definition) is 3. The molecule has 0 aliphatic carbocycles. The summed E-state index contributed by atoms with van der Waals surface area (Å²) in [6, 6.07) is 5.22. The predicted molar refractivity (Wildman–Crippen MR) is 70.1 cm³/mol. The number of carbonyl (C=O) groups excluding carboxylic acids is 1. The molecule has 19 heavy (non-hydrogen) atoms. The predicted octanol–water partition coefficient (Wildman–Crippen LogP) is -0.0250. The second-order valence-electron chi connectivity index (χ2n) is 4.59. The van der Waals surface area contributed by atoms with E-state index in [0.717, 1.165) is 0 Å². The normalized spacial score (nSPS) is 15.7. The van der Waals surface area contributed by atoms with Gasteiger partial charge in [-0.15, -0.1) is 0 Å². The summed E-state index contributed by atoms with van der Waals surface area (Å²) in [6.45, 7) is 0.988. The first-order valence-electron chi connectivity index (χ1n) is 6.14. The Morgan fingerprint density at radius 2 is 2.32 bits per heavy atom. The van der Waals surface area contributed by atoms with Crippen molar-refractivity contribution in [3.05, 3.63) is 23.8 Å². The number of amides is 1. The van der Waals surface area contributed by atoms with Crippen molar-refractivity contribution in [1.82, 2.24) is 4.90 Å². The van der Waals surface area contributed by atoms with Gasteiger partial charge in [-0.05, 0) is 24.7 Å². The van der Waals surface area contributed by atoms with E-state index in [1.807, 2.05) is 11.9 Å². The van der Waals surface area contributed by atoms with Crippen LogP contribution in [0.3, 0.4) is 0 Å². The van der Waals surface area contributed by atoms with Crippen molar-refractivity contribution in [2.24, 2.45) is 0 Å². The Balaban J connectivity index is 2.08. The topological polar surface area (TPSA) is 82.0 Å². The zero-order valence-corrected chi connectivity index (χ0v) is 10.8. The van der Waals surface area contributed by atoms with Crippen LogP contribution in [-0.4, -0.2) is 54.4 Å². The molecule has 0 aromatic heterocycles. The Morgan fingerprint density at radius 1 is 1.53 bits per heavy atom. The molecule has 1 amide bonds. The highest BCUT2D eigenvalue weighted by molar-refractivity contribution is 5.95. The molecule has 1 unspecified atom stereocenters. The fourth-order valence-electron chi connectivity index (χ4n) is 1.97. The van der Waals surface area contributed by atoms with E-state index in [-0.39, 0.29) is 19.1 Å². The Hall–Kier alpha value is -1.63. The summed E-state index contributed by atoms with van der Waals surface area (Å²) in [5.41, 5.74) is 1.28. The van der Waals surface area contributed by atoms with Gasteiger partial charge in [0.1, 0.15) is 5.75 Å². The van der Waals surface area contributed by atoms with Crippen LogP contribution < -0.4 is 10.1 Å². The number of fused-ring (bicyclic) bond motifs is 1. The Kier molecular flexibility index (Phi) is 4.36. The number of carbonyl (C=O) groups is 1. The van der Waals surface area contributed by atoms with E-state index in [9.17, 15) is 9.90 Å². The van der Waals surface area contributed by atoms with Crippen molar-refractivity contribution in [2.75, 3.05) is 38.7 Å². The lowest BCUT2D eigenvalue weighted by atomic mass is 10.1. The van der Waals surface area contributed by atoms with Crippen LogP contribution in [-0.2, 0) is 4.79 Å². The van der Waals surface area contributed by atoms with E-state index < -0.39 is 6.10 Å². The molecule has 3 N–H and O–H groups in total. The number of hydrogen-bond acceptors (Lipinski definition) is 5. The van der Waals surface area contributed by atoms with Crippen molar-refractivity contribution in [3.63, 3.8) is 0 Å². The molecular formula is C13H18N2O4. The molecule has 0 bridgehead atoms. The van der Waals surface area contributed by atoms with E-state index in [1.165, 1.54) is 0 Å². The molecule has 1 aromatic carbocycles. The average Bonchev–Trinajstić information content (AvgIpc) is 2.38. The molecule has 0 saturated carbocycles. The van der Waals surface area contributed by atoms with Crippen molar-refractivity contribution in [2.45, 2.75) is 6.10 Å². The zero-order chi connectivity index (χ0) is 13.8. The summed E-state index contributed by atoms with van der Waals surface area (Å²) in [7, 11) is 1.82. The summed E-state index contributed by atoms with van der Waals surface area (Å²) >= 11 is 0. The molecule has 1 aromatic rings. The first-order valence-corrected chi connectivity index (χ1v) is 6.14. The minimum atomic E-state index is -0.680. The van der Waals surface area contributed by atoms with E-state index in [0.29, 0.717) is 30.1 Å². The number of anilines is 1. The minimum absolute atomic E-state index is 0.0220. The maximum absolute atomic E-state index is 11.2. The molecule has 0 saturated heterocycles. The molecule has 1 heterocycles. The smallest absolute Gasteiger partial charge is 0.262 e. The van der Waals surface area contributed by atoms with Gasteiger partial charge in [0.2, 0.25) is 0 Å². The monoisotopic (exact) mass is 266 g/mol. The highest BCUT2D eigenvalue weighted by Crippen LogP contribution is 2.30. The minimum Gasteiger partial charge on any atom is -0.482 e. The molecule has 6 heteroatoms. The number of aliphatic hydroxyl groups is 2. The van der Waals surface area contributed by atoms with E-state index in [1.54, 1.807) is 18.2 Å². The molecule has 104 valence electrons. The fourth-order valence-corrected chi connectivity index (χ4v) is 1.97. The summed E-state index contributed by atoms with van der Waals surface area (Å²) in [4.78, 5) is 13.1. The van der Waals surface area contributed by atoms with E-state index in [2.05, 4.69) is 5.32 Å². The van der Waals surface area contributed by atoms with Gasteiger partial charge in [0, 0.05) is 13.1 Å². The maximum atomic E-state index is 11.2. The van der Waals surface area contributed by atoms with Crippen LogP contribution in [0.4, 0.5) is 5.69 Å². The molecule has 1 atom stereocenters. The standard InChI is InChI=1S/C13H18N2O4/c1-15(4-5-16)7-11(17)9-2-3-12-10(6-9)14-13(18)8-19-12/h2-3,6,11,16-17H,4-5,7-8H2,1H3,(H,14,18). The zero-order valence-electron chi connectivity index (χ0n) is 10.8. The molecule has 6 nitrogen and oxygen atoms in total. The van der Waals surface area contributed by atoms with Gasteiger partial charge in [-0.25, -0.2) is 0 Å². The Labute approximate surface area is 111 Å². The Morgan fingerprint density at radius 3 is 3.05 bits per heavy atom.